The van der Waals surface area contributed by atoms with E-state index in [0.717, 1.165) is 0 Å². The summed E-state index contributed by atoms with van der Waals surface area (Å²) in [5, 5.41) is 3.41. The van der Waals surface area contributed by atoms with Crippen molar-refractivity contribution in [2.45, 2.75) is 12.5 Å². The lowest BCUT2D eigenvalue weighted by Gasteiger charge is -2.02. The highest BCUT2D eigenvalue weighted by Gasteiger charge is 2.22. The van der Waals surface area contributed by atoms with Crippen LogP contribution in [0.1, 0.15) is 6.42 Å². The molecule has 1 rings (SSSR count). The summed E-state index contributed by atoms with van der Waals surface area (Å²) < 4.78 is 4.39. The van der Waals surface area contributed by atoms with Gasteiger partial charge in [0.1, 0.15) is 0 Å². The summed E-state index contributed by atoms with van der Waals surface area (Å²) in [4.78, 5) is 15.2. The van der Waals surface area contributed by atoms with E-state index in [0.29, 0.717) is 6.42 Å². The van der Waals surface area contributed by atoms with Gasteiger partial charge < -0.3 is 9.57 Å². The minimum atomic E-state index is -0.505. The molecular formula is C5H7NO3. The maximum Gasteiger partial charge on any atom is 0.350 e. The molecule has 0 aromatic rings. The third-order valence-corrected chi connectivity index (χ3v) is 1.05. The Morgan fingerprint density at radius 1 is 2.00 bits per heavy atom. The lowest BCUT2D eigenvalue weighted by atomic mass is 10.3. The van der Waals surface area contributed by atoms with E-state index in [2.05, 4.69) is 14.7 Å². The Labute approximate surface area is 52.4 Å². The first-order valence-electron chi connectivity index (χ1n) is 2.60. The Morgan fingerprint density at radius 2 is 2.78 bits per heavy atom. The van der Waals surface area contributed by atoms with Crippen molar-refractivity contribution < 1.29 is 14.4 Å². The number of nitrogens with zero attached hydrogens (tertiary/aromatic N) is 1. The van der Waals surface area contributed by atoms with Gasteiger partial charge in [-0.3, -0.25) is 0 Å². The van der Waals surface area contributed by atoms with Gasteiger partial charge in [0, 0.05) is 12.6 Å². The second-order valence-electron chi connectivity index (χ2n) is 1.64. The summed E-state index contributed by atoms with van der Waals surface area (Å²) in [5.74, 6) is -0.368. The van der Waals surface area contributed by atoms with E-state index in [-0.39, 0.29) is 5.97 Å². The maximum absolute atomic E-state index is 10.6. The summed E-state index contributed by atoms with van der Waals surface area (Å²) in [6, 6.07) is 0. The van der Waals surface area contributed by atoms with Gasteiger partial charge in [-0.1, -0.05) is 5.16 Å². The molecule has 50 valence electrons. The smallest absolute Gasteiger partial charge is 0.350 e. The normalized spacial score (nSPS) is 23.4. The predicted molar refractivity (Wildman–Crippen MR) is 30.0 cm³/mol. The molecule has 0 N–H and O–H groups in total. The lowest BCUT2D eigenvalue weighted by molar-refractivity contribution is -0.152. The van der Waals surface area contributed by atoms with Crippen molar-refractivity contribution in [2.75, 3.05) is 7.11 Å². The van der Waals surface area contributed by atoms with E-state index in [1.54, 1.807) is 6.21 Å². The number of ether oxygens (including phenoxy) is 1. The topological polar surface area (TPSA) is 47.9 Å². The van der Waals surface area contributed by atoms with Crippen LogP contribution in [0.5, 0.6) is 0 Å². The van der Waals surface area contributed by atoms with Gasteiger partial charge in [0.15, 0.2) is 0 Å². The average Bonchev–Trinajstić information content (AvgIpc) is 2.37. The summed E-state index contributed by atoms with van der Waals surface area (Å²) in [7, 11) is 1.32. The minimum absolute atomic E-state index is 0.368. The van der Waals surface area contributed by atoms with E-state index < -0.39 is 6.10 Å². The second-order valence-corrected chi connectivity index (χ2v) is 1.64. The van der Waals surface area contributed by atoms with Gasteiger partial charge in [0.2, 0.25) is 6.10 Å². The zero-order valence-electron chi connectivity index (χ0n) is 5.03. The Balaban J connectivity index is 2.36. The van der Waals surface area contributed by atoms with Crippen LogP contribution in [0.4, 0.5) is 0 Å². The highest BCUT2D eigenvalue weighted by atomic mass is 16.7. The fourth-order valence-electron chi connectivity index (χ4n) is 0.569. The number of carbonyl (C=O) groups excluding carboxylic acids is 1. The molecule has 4 nitrogen and oxygen atoms in total. The average molecular weight is 129 g/mol. The van der Waals surface area contributed by atoms with Crippen molar-refractivity contribution in [3.8, 4) is 0 Å². The van der Waals surface area contributed by atoms with Crippen LogP contribution >= 0.6 is 0 Å². The van der Waals surface area contributed by atoms with Crippen molar-refractivity contribution in [1.29, 1.82) is 0 Å². The van der Waals surface area contributed by atoms with Crippen LogP contribution in [0, 0.1) is 0 Å². The molecule has 1 aliphatic heterocycles. The van der Waals surface area contributed by atoms with E-state index in [4.69, 9.17) is 0 Å². The number of methoxy groups -OCH3 is 1. The maximum atomic E-state index is 10.6. The van der Waals surface area contributed by atoms with Gasteiger partial charge in [-0.2, -0.15) is 0 Å². The van der Waals surface area contributed by atoms with Crippen LogP contribution in [-0.2, 0) is 14.4 Å². The number of carbonyl (C=O) groups is 1. The molecule has 9 heavy (non-hydrogen) atoms. The molecular weight excluding hydrogens is 122 g/mol. The van der Waals surface area contributed by atoms with Crippen molar-refractivity contribution >= 4 is 12.2 Å². The second kappa shape index (κ2) is 2.48. The fraction of sp³-hybridized carbons (Fsp3) is 0.600. The first-order valence-corrected chi connectivity index (χ1v) is 2.60. The zero-order valence-corrected chi connectivity index (χ0v) is 5.03. The molecule has 0 fully saturated rings. The number of esters is 1. The van der Waals surface area contributed by atoms with Crippen LogP contribution in [-0.4, -0.2) is 25.4 Å². The molecule has 0 aliphatic carbocycles. The highest BCUT2D eigenvalue weighted by Crippen LogP contribution is 2.05. The van der Waals surface area contributed by atoms with E-state index in [1.807, 2.05) is 0 Å². The highest BCUT2D eigenvalue weighted by molar-refractivity contribution is 5.79. The molecule has 1 heterocycles. The first kappa shape index (κ1) is 6.07. The molecule has 0 aromatic heterocycles. The largest absolute Gasteiger partial charge is 0.466 e. The van der Waals surface area contributed by atoms with Crippen molar-refractivity contribution in [3.63, 3.8) is 0 Å². The van der Waals surface area contributed by atoms with Gasteiger partial charge >= 0.3 is 5.97 Å². The molecule has 0 bridgehead atoms. The number of rotatable bonds is 1. The van der Waals surface area contributed by atoms with Crippen molar-refractivity contribution in [3.05, 3.63) is 0 Å². The Hall–Kier alpha value is -1.06. The third-order valence-electron chi connectivity index (χ3n) is 1.05. The van der Waals surface area contributed by atoms with E-state index in [1.165, 1.54) is 7.11 Å². The number of hydrogen-bond donors (Lipinski definition) is 0. The van der Waals surface area contributed by atoms with Gasteiger partial charge in [-0.25, -0.2) is 4.79 Å². The molecule has 1 atom stereocenters. The van der Waals surface area contributed by atoms with Crippen LogP contribution in [0.2, 0.25) is 0 Å². The molecule has 0 saturated heterocycles. The van der Waals surface area contributed by atoms with Gasteiger partial charge in [0.05, 0.1) is 7.11 Å². The standard InChI is InChI=1S/C5H7NO3/c1-8-5(7)4-2-3-6-9-4/h3-4H,2H2,1H3/t4-/m0/s1. The lowest BCUT2D eigenvalue weighted by Crippen LogP contribution is -2.20. The van der Waals surface area contributed by atoms with Crippen LogP contribution in [0.3, 0.4) is 0 Å². The Bertz CT molecular complexity index is 135. The predicted octanol–water partition coefficient (Wildman–Crippen LogP) is -0.0659. The van der Waals surface area contributed by atoms with E-state index in [9.17, 15) is 4.79 Å². The SMILES string of the molecule is COC(=O)[C@@H]1CC=NO1. The molecule has 0 aromatic carbocycles. The van der Waals surface area contributed by atoms with Crippen molar-refractivity contribution in [2.24, 2.45) is 5.16 Å². The van der Waals surface area contributed by atoms with Crippen LogP contribution < -0.4 is 0 Å². The minimum Gasteiger partial charge on any atom is -0.466 e. The number of hydrogen-bond acceptors (Lipinski definition) is 4. The molecule has 0 spiro atoms. The summed E-state index contributed by atoms with van der Waals surface area (Å²) >= 11 is 0. The van der Waals surface area contributed by atoms with E-state index >= 15 is 0 Å². The third kappa shape index (κ3) is 1.19. The summed E-state index contributed by atoms with van der Waals surface area (Å²) in [5.41, 5.74) is 0. The van der Waals surface area contributed by atoms with Crippen LogP contribution in [0.25, 0.3) is 0 Å². The molecule has 4 heteroatoms. The van der Waals surface area contributed by atoms with Gasteiger partial charge in [0.25, 0.3) is 0 Å². The summed E-state index contributed by atoms with van der Waals surface area (Å²) in [6.45, 7) is 0. The van der Waals surface area contributed by atoms with Crippen LogP contribution in [0.15, 0.2) is 5.16 Å². The molecule has 0 amide bonds. The fourth-order valence-corrected chi connectivity index (χ4v) is 0.569. The quantitative estimate of drug-likeness (QED) is 0.466. The zero-order chi connectivity index (χ0) is 6.69. The van der Waals surface area contributed by atoms with Crippen molar-refractivity contribution in [1.82, 2.24) is 0 Å². The molecule has 0 saturated carbocycles. The summed E-state index contributed by atoms with van der Waals surface area (Å²) in [6.07, 6.45) is 1.56. The molecule has 0 radical (unpaired) electrons. The molecule has 0 unspecified atom stereocenters. The Morgan fingerprint density at radius 3 is 3.22 bits per heavy atom. The monoisotopic (exact) mass is 129 g/mol. The molecule has 1 aliphatic rings. The number of oxime groups is 1. The first-order chi connectivity index (χ1) is 4.34. The van der Waals surface area contributed by atoms with Gasteiger partial charge in [-0.05, 0) is 0 Å². The van der Waals surface area contributed by atoms with Gasteiger partial charge in [-0.15, -0.1) is 0 Å². The Kier molecular flexibility index (Phi) is 1.67.